The Morgan fingerprint density at radius 3 is 2.45 bits per heavy atom. The number of ether oxygens (including phenoxy) is 3. The average Bonchev–Trinajstić information content (AvgIpc) is 3.21. The summed E-state index contributed by atoms with van der Waals surface area (Å²) in [7, 11) is 0. The molecule has 1 N–H and O–H groups in total. The summed E-state index contributed by atoms with van der Waals surface area (Å²) in [6.45, 7) is 9.37. The summed E-state index contributed by atoms with van der Waals surface area (Å²) < 4.78 is 30.9. The fourth-order valence-electron chi connectivity index (χ4n) is 3.37. The third-order valence-corrected chi connectivity index (χ3v) is 4.72. The van der Waals surface area contributed by atoms with Crippen LogP contribution in [0.2, 0.25) is 0 Å². The van der Waals surface area contributed by atoms with E-state index in [1.165, 1.54) is 4.90 Å². The van der Waals surface area contributed by atoms with E-state index in [0.717, 1.165) is 10.9 Å². The summed E-state index contributed by atoms with van der Waals surface area (Å²) in [5, 5.41) is 7.08. The molecule has 0 fully saturated rings. The standard InChI is InChI=1S/C19H25FN6O5/c1-6-29-16-21-9-12(20)15(23-16)22-14-11-10-25(17(27)30-7-2)19(4,5)13(11)26(24-14)18(28)31-8-3/h9H,6-8,10H2,1-5H3,(H,21,22,23,24). The summed E-state index contributed by atoms with van der Waals surface area (Å²) in [5.74, 6) is -0.757. The lowest BCUT2D eigenvalue weighted by atomic mass is 10.0. The van der Waals surface area contributed by atoms with Crippen LogP contribution < -0.4 is 10.1 Å². The van der Waals surface area contributed by atoms with E-state index < -0.39 is 23.5 Å². The number of hydrogen-bond acceptors (Lipinski definition) is 9. The fraction of sp³-hybridized carbons (Fsp3) is 0.526. The van der Waals surface area contributed by atoms with Gasteiger partial charge in [0.05, 0.1) is 43.8 Å². The molecule has 168 valence electrons. The molecule has 0 bridgehead atoms. The fourth-order valence-corrected chi connectivity index (χ4v) is 3.37. The van der Waals surface area contributed by atoms with Crippen molar-refractivity contribution < 1.29 is 28.2 Å². The van der Waals surface area contributed by atoms with Crippen molar-refractivity contribution in [3.05, 3.63) is 23.3 Å². The minimum absolute atomic E-state index is 0.0126. The maximum absolute atomic E-state index is 14.3. The number of nitrogens with zero attached hydrogens (tertiary/aromatic N) is 5. The minimum atomic E-state index is -0.942. The molecule has 12 heteroatoms. The molecule has 1 aliphatic rings. The second kappa shape index (κ2) is 8.74. The molecule has 0 saturated carbocycles. The number of anilines is 2. The van der Waals surface area contributed by atoms with Crippen LogP contribution in [-0.4, -0.2) is 56.7 Å². The Bertz CT molecular complexity index is 992. The van der Waals surface area contributed by atoms with E-state index in [4.69, 9.17) is 14.2 Å². The Hall–Kier alpha value is -3.44. The molecule has 0 atom stereocenters. The Labute approximate surface area is 178 Å². The highest BCUT2D eigenvalue weighted by Gasteiger charge is 2.47. The molecule has 2 aromatic rings. The van der Waals surface area contributed by atoms with Crippen LogP contribution in [-0.2, 0) is 21.6 Å². The quantitative estimate of drug-likeness (QED) is 0.728. The number of hydrogen-bond donors (Lipinski definition) is 1. The van der Waals surface area contributed by atoms with Crippen molar-refractivity contribution in [2.45, 2.75) is 46.7 Å². The zero-order valence-electron chi connectivity index (χ0n) is 18.1. The van der Waals surface area contributed by atoms with Crippen molar-refractivity contribution in [1.82, 2.24) is 24.6 Å². The second-order valence-corrected chi connectivity index (χ2v) is 7.04. The first-order valence-electron chi connectivity index (χ1n) is 9.90. The van der Waals surface area contributed by atoms with Gasteiger partial charge in [-0.25, -0.2) is 19.0 Å². The third kappa shape index (κ3) is 4.09. The van der Waals surface area contributed by atoms with E-state index in [1.807, 2.05) is 0 Å². The molecule has 0 aliphatic carbocycles. The number of carbonyl (C=O) groups excluding carboxylic acids is 2. The predicted octanol–water partition coefficient (Wildman–Crippen LogP) is 3.17. The molecule has 0 saturated heterocycles. The highest BCUT2D eigenvalue weighted by Crippen LogP contribution is 2.43. The van der Waals surface area contributed by atoms with E-state index in [-0.39, 0.29) is 37.4 Å². The molecule has 1 aliphatic heterocycles. The Morgan fingerprint density at radius 2 is 1.81 bits per heavy atom. The first-order valence-corrected chi connectivity index (χ1v) is 9.90. The lowest BCUT2D eigenvalue weighted by molar-refractivity contribution is 0.0668. The number of halogens is 1. The van der Waals surface area contributed by atoms with Crippen LogP contribution in [0.25, 0.3) is 0 Å². The van der Waals surface area contributed by atoms with Gasteiger partial charge in [0.1, 0.15) is 0 Å². The molecule has 3 rings (SSSR count). The lowest BCUT2D eigenvalue weighted by Crippen LogP contribution is -2.42. The smallest absolute Gasteiger partial charge is 0.435 e. The van der Waals surface area contributed by atoms with Crippen molar-refractivity contribution >= 4 is 23.8 Å². The maximum Gasteiger partial charge on any atom is 0.435 e. The van der Waals surface area contributed by atoms with Crippen molar-refractivity contribution in [2.24, 2.45) is 0 Å². The van der Waals surface area contributed by atoms with E-state index in [0.29, 0.717) is 17.9 Å². The lowest BCUT2D eigenvalue weighted by Gasteiger charge is -2.31. The molecule has 0 radical (unpaired) electrons. The van der Waals surface area contributed by atoms with E-state index in [1.54, 1.807) is 34.6 Å². The van der Waals surface area contributed by atoms with Crippen LogP contribution in [0.4, 0.5) is 25.6 Å². The highest BCUT2D eigenvalue weighted by atomic mass is 19.1. The zero-order valence-corrected chi connectivity index (χ0v) is 18.1. The van der Waals surface area contributed by atoms with Crippen LogP contribution in [0.15, 0.2) is 6.20 Å². The van der Waals surface area contributed by atoms with Crippen molar-refractivity contribution in [1.29, 1.82) is 0 Å². The molecular weight excluding hydrogens is 411 g/mol. The van der Waals surface area contributed by atoms with Gasteiger partial charge < -0.3 is 19.5 Å². The van der Waals surface area contributed by atoms with Gasteiger partial charge in [-0.1, -0.05) is 0 Å². The van der Waals surface area contributed by atoms with Gasteiger partial charge in [0.15, 0.2) is 17.5 Å². The van der Waals surface area contributed by atoms with Crippen molar-refractivity contribution in [2.75, 3.05) is 25.1 Å². The Kier molecular flexibility index (Phi) is 6.27. The molecule has 1 amide bonds. The van der Waals surface area contributed by atoms with Crippen molar-refractivity contribution in [3.8, 4) is 6.01 Å². The van der Waals surface area contributed by atoms with E-state index in [9.17, 15) is 14.0 Å². The van der Waals surface area contributed by atoms with Gasteiger partial charge in [0.25, 0.3) is 0 Å². The molecule has 0 spiro atoms. The van der Waals surface area contributed by atoms with Crippen LogP contribution in [0, 0.1) is 5.82 Å². The van der Waals surface area contributed by atoms with E-state index in [2.05, 4.69) is 20.4 Å². The van der Waals surface area contributed by atoms with Gasteiger partial charge in [0.2, 0.25) is 0 Å². The summed E-state index contributed by atoms with van der Waals surface area (Å²) >= 11 is 0. The number of rotatable bonds is 6. The first kappa shape index (κ1) is 22.2. The molecule has 0 unspecified atom stereocenters. The average molecular weight is 436 g/mol. The maximum atomic E-state index is 14.3. The topological polar surface area (TPSA) is 121 Å². The first-order chi connectivity index (χ1) is 14.7. The molecule has 2 aromatic heterocycles. The molecule has 3 heterocycles. The molecule has 11 nitrogen and oxygen atoms in total. The van der Waals surface area contributed by atoms with Gasteiger partial charge in [-0.15, -0.1) is 5.10 Å². The number of aromatic nitrogens is 4. The Morgan fingerprint density at radius 1 is 1.13 bits per heavy atom. The van der Waals surface area contributed by atoms with Gasteiger partial charge in [0, 0.05) is 5.56 Å². The van der Waals surface area contributed by atoms with Gasteiger partial charge in [-0.05, 0) is 34.6 Å². The van der Waals surface area contributed by atoms with Gasteiger partial charge in [-0.2, -0.15) is 9.67 Å². The second-order valence-electron chi connectivity index (χ2n) is 7.04. The molecule has 31 heavy (non-hydrogen) atoms. The highest BCUT2D eigenvalue weighted by molar-refractivity contribution is 5.77. The van der Waals surface area contributed by atoms with Crippen LogP contribution in [0.1, 0.15) is 45.9 Å². The predicted molar refractivity (Wildman–Crippen MR) is 107 cm³/mol. The van der Waals surface area contributed by atoms with E-state index >= 15 is 0 Å². The monoisotopic (exact) mass is 436 g/mol. The zero-order chi connectivity index (χ0) is 22.8. The van der Waals surface area contributed by atoms with Crippen LogP contribution in [0.5, 0.6) is 6.01 Å². The SMILES string of the molecule is CCOC(=O)N1Cc2c(Nc3nc(OCC)ncc3F)nn(C(=O)OCC)c2C1(C)C. The molecular formula is C19H25FN6O5. The van der Waals surface area contributed by atoms with Crippen molar-refractivity contribution in [3.63, 3.8) is 0 Å². The number of carbonyl (C=O) groups is 2. The minimum Gasteiger partial charge on any atom is -0.464 e. The summed E-state index contributed by atoms with van der Waals surface area (Å²) in [6, 6.07) is -0.0126. The third-order valence-electron chi connectivity index (χ3n) is 4.72. The van der Waals surface area contributed by atoms with Gasteiger partial charge >= 0.3 is 18.2 Å². The summed E-state index contributed by atoms with van der Waals surface area (Å²) in [5.41, 5.74) is 0.00481. The molecule has 0 aromatic carbocycles. The largest absolute Gasteiger partial charge is 0.464 e. The Balaban J connectivity index is 2.07. The number of fused-ring (bicyclic) bond motifs is 1. The number of nitrogens with one attached hydrogen (secondary N) is 1. The van der Waals surface area contributed by atoms with Gasteiger partial charge in [-0.3, -0.25) is 4.90 Å². The van der Waals surface area contributed by atoms with Crippen LogP contribution >= 0.6 is 0 Å². The summed E-state index contributed by atoms with van der Waals surface area (Å²) in [6.07, 6.45) is -0.293. The normalized spacial score (nSPS) is 14.2. The number of amides is 1. The summed E-state index contributed by atoms with van der Waals surface area (Å²) in [4.78, 5) is 34.3. The van der Waals surface area contributed by atoms with Crippen LogP contribution in [0.3, 0.4) is 0 Å².